The van der Waals surface area contributed by atoms with E-state index in [9.17, 15) is 4.39 Å². The fourth-order valence-corrected chi connectivity index (χ4v) is 4.30. The van der Waals surface area contributed by atoms with Crippen LogP contribution in [0.2, 0.25) is 0 Å². The van der Waals surface area contributed by atoms with Crippen LogP contribution >= 0.6 is 11.8 Å². The van der Waals surface area contributed by atoms with Crippen molar-refractivity contribution in [1.82, 2.24) is 25.9 Å². The van der Waals surface area contributed by atoms with Crippen LogP contribution in [0.3, 0.4) is 0 Å². The number of benzene rings is 1. The number of nitrogens with zero attached hydrogens (tertiary/aromatic N) is 4. The van der Waals surface area contributed by atoms with Crippen molar-refractivity contribution in [3.05, 3.63) is 42.1 Å². The van der Waals surface area contributed by atoms with E-state index in [1.165, 1.54) is 11.8 Å². The van der Waals surface area contributed by atoms with Gasteiger partial charge in [0.15, 0.2) is 11.0 Å². The first-order chi connectivity index (χ1) is 14.0. The molecule has 9 heteroatoms. The summed E-state index contributed by atoms with van der Waals surface area (Å²) in [6.07, 6.45) is 1.99. The molecule has 1 aliphatic heterocycles. The molecule has 2 fully saturated rings. The number of aromatic amines is 1. The first-order valence-electron chi connectivity index (χ1n) is 9.58. The molecule has 7 nitrogen and oxygen atoms in total. The van der Waals surface area contributed by atoms with Crippen molar-refractivity contribution < 1.29 is 4.39 Å². The fourth-order valence-electron chi connectivity index (χ4n) is 3.54. The Morgan fingerprint density at radius 2 is 1.93 bits per heavy atom. The van der Waals surface area contributed by atoms with Crippen LogP contribution in [0.1, 0.15) is 18.5 Å². The van der Waals surface area contributed by atoms with Crippen molar-refractivity contribution in [3.63, 3.8) is 0 Å². The quantitative estimate of drug-likeness (QED) is 0.590. The maximum atomic E-state index is 14.8. The maximum absolute atomic E-state index is 14.8. The molecule has 0 bridgehead atoms. The molecule has 3 heterocycles. The van der Waals surface area contributed by atoms with E-state index >= 15 is 0 Å². The second kappa shape index (κ2) is 6.91. The zero-order valence-electron chi connectivity index (χ0n) is 15.9. The van der Waals surface area contributed by atoms with Gasteiger partial charge in [0.05, 0.1) is 18.8 Å². The largest absolute Gasteiger partial charge is 0.350 e. The van der Waals surface area contributed by atoms with Crippen LogP contribution in [-0.2, 0) is 0 Å². The summed E-state index contributed by atoms with van der Waals surface area (Å²) in [5, 5.41) is 10.9. The molecule has 2 aromatic heterocycles. The van der Waals surface area contributed by atoms with Gasteiger partial charge in [-0.3, -0.25) is 5.10 Å². The first kappa shape index (κ1) is 18.2. The predicted octanol–water partition coefficient (Wildman–Crippen LogP) is 4.26. The lowest BCUT2D eigenvalue weighted by Crippen LogP contribution is -2.60. The summed E-state index contributed by atoms with van der Waals surface area (Å²) in [7, 11) is 0. The lowest BCUT2D eigenvalue weighted by Gasteiger charge is -2.45. The Labute approximate surface area is 172 Å². The summed E-state index contributed by atoms with van der Waals surface area (Å²) < 4.78 is 14.8. The zero-order chi connectivity index (χ0) is 20.0. The molecule has 3 aromatic rings. The number of nitrogens with one attached hydrogen (secondary N) is 3. The Balaban J connectivity index is 1.41. The van der Waals surface area contributed by atoms with Crippen molar-refractivity contribution in [2.45, 2.75) is 35.5 Å². The second-order valence-corrected chi connectivity index (χ2v) is 8.79. The van der Waals surface area contributed by atoms with E-state index < -0.39 is 5.67 Å². The third kappa shape index (κ3) is 3.87. The van der Waals surface area contributed by atoms with E-state index in [1.807, 2.05) is 36.1 Å². The van der Waals surface area contributed by atoms with Crippen LogP contribution in [0.4, 0.5) is 27.5 Å². The number of H-pyrrole nitrogens is 1. The van der Waals surface area contributed by atoms with Crippen LogP contribution in [0.15, 0.2) is 46.5 Å². The number of hydrogen-bond acceptors (Lipinski definition) is 6. The average Bonchev–Trinajstić information content (AvgIpc) is 3.44. The predicted molar refractivity (Wildman–Crippen MR) is 111 cm³/mol. The highest BCUT2D eigenvalue weighted by molar-refractivity contribution is 7.99. The number of anilines is 3. The van der Waals surface area contributed by atoms with E-state index in [-0.39, 0.29) is 5.92 Å². The molecular formula is C20H21FN7S. The third-order valence-corrected chi connectivity index (χ3v) is 6.13. The SMILES string of the molecule is Cc1cc(Nc2cc(N3CC(F)(C4CC4)C3)nc(Sc3ccc([NH])cc3)n2)n[nH]1. The van der Waals surface area contributed by atoms with Crippen LogP contribution in [0.25, 0.3) is 0 Å². The summed E-state index contributed by atoms with van der Waals surface area (Å²) in [6.45, 7) is 2.69. The topological polar surface area (TPSA) is 93.5 Å². The van der Waals surface area contributed by atoms with Gasteiger partial charge < -0.3 is 16.0 Å². The van der Waals surface area contributed by atoms with Crippen LogP contribution in [-0.4, -0.2) is 38.9 Å². The maximum Gasteiger partial charge on any atom is 0.196 e. The van der Waals surface area contributed by atoms with Gasteiger partial charge in [0.2, 0.25) is 0 Å². The van der Waals surface area contributed by atoms with Crippen LogP contribution in [0.5, 0.6) is 0 Å². The van der Waals surface area contributed by atoms with Crippen molar-refractivity contribution in [2.24, 2.45) is 5.92 Å². The highest BCUT2D eigenvalue weighted by atomic mass is 32.2. The summed E-state index contributed by atoms with van der Waals surface area (Å²) >= 11 is 1.42. The second-order valence-electron chi connectivity index (χ2n) is 7.75. The number of aryl methyl sites for hydroxylation is 1. The van der Waals surface area contributed by atoms with E-state index in [0.717, 1.165) is 23.4 Å². The summed E-state index contributed by atoms with van der Waals surface area (Å²) in [6, 6.07) is 11.0. The van der Waals surface area contributed by atoms with Gasteiger partial charge >= 0.3 is 0 Å². The Morgan fingerprint density at radius 1 is 1.17 bits per heavy atom. The number of halogens is 1. The van der Waals surface area contributed by atoms with Crippen molar-refractivity contribution in [2.75, 3.05) is 23.3 Å². The monoisotopic (exact) mass is 410 g/mol. The minimum absolute atomic E-state index is 0.211. The Bertz CT molecular complexity index is 1030. The molecular weight excluding hydrogens is 389 g/mol. The first-order valence-corrected chi connectivity index (χ1v) is 10.4. The van der Waals surface area contributed by atoms with Gasteiger partial charge in [-0.05, 0) is 61.7 Å². The average molecular weight is 411 g/mol. The smallest absolute Gasteiger partial charge is 0.196 e. The minimum Gasteiger partial charge on any atom is -0.350 e. The van der Waals surface area contributed by atoms with Crippen molar-refractivity contribution in [3.8, 4) is 0 Å². The Hall–Kier alpha value is -2.81. The molecule has 1 saturated heterocycles. The molecule has 3 N–H and O–H groups in total. The van der Waals surface area contributed by atoms with Crippen molar-refractivity contribution in [1.29, 1.82) is 0 Å². The fraction of sp³-hybridized carbons (Fsp3) is 0.350. The highest BCUT2D eigenvalue weighted by Crippen LogP contribution is 2.48. The molecule has 1 radical (unpaired) electrons. The number of rotatable bonds is 6. The summed E-state index contributed by atoms with van der Waals surface area (Å²) in [5.41, 5.74) is 7.96. The van der Waals surface area contributed by atoms with Gasteiger partial charge in [-0.25, -0.2) is 14.4 Å². The van der Waals surface area contributed by atoms with Crippen molar-refractivity contribution >= 4 is 34.9 Å². The molecule has 149 valence electrons. The molecule has 5 rings (SSSR count). The summed E-state index contributed by atoms with van der Waals surface area (Å²) in [5.74, 6) is 2.21. The molecule has 0 unspecified atom stereocenters. The molecule has 1 aliphatic carbocycles. The highest BCUT2D eigenvalue weighted by Gasteiger charge is 2.54. The van der Waals surface area contributed by atoms with Gasteiger partial charge in [-0.2, -0.15) is 5.10 Å². The zero-order valence-corrected chi connectivity index (χ0v) is 16.8. The number of hydrogen-bond donors (Lipinski definition) is 2. The molecule has 2 aliphatic rings. The molecule has 1 saturated carbocycles. The molecule has 0 atom stereocenters. The normalized spacial score (nSPS) is 17.8. The standard InChI is InChI=1S/C20H21FN7S/c1-12-8-17(27-26-12)23-16-9-18(28-10-20(21,11-28)13-2-3-13)25-19(24-16)29-15-6-4-14(22)5-7-15/h4-9,13,22H,2-3,10-11H2,1H3,(H2,23,24,25,26,27). The van der Waals surface area contributed by atoms with E-state index in [0.29, 0.717) is 41.4 Å². The number of aromatic nitrogens is 4. The number of alkyl halides is 1. The molecule has 0 spiro atoms. The molecule has 1 aromatic carbocycles. The van der Waals surface area contributed by atoms with Gasteiger partial charge in [-0.1, -0.05) is 0 Å². The minimum atomic E-state index is -1.07. The van der Waals surface area contributed by atoms with E-state index in [2.05, 4.69) is 25.5 Å². The Kier molecular flexibility index (Phi) is 4.34. The lowest BCUT2D eigenvalue weighted by atomic mass is 9.91. The Morgan fingerprint density at radius 3 is 2.59 bits per heavy atom. The van der Waals surface area contributed by atoms with Crippen LogP contribution in [0, 0.1) is 12.8 Å². The van der Waals surface area contributed by atoms with Gasteiger partial charge in [0.1, 0.15) is 17.3 Å². The molecule has 29 heavy (non-hydrogen) atoms. The summed E-state index contributed by atoms with van der Waals surface area (Å²) in [4.78, 5) is 12.2. The van der Waals surface area contributed by atoms with E-state index in [4.69, 9.17) is 5.73 Å². The lowest BCUT2D eigenvalue weighted by molar-refractivity contribution is 0.0924. The van der Waals surface area contributed by atoms with Gasteiger partial charge in [0.25, 0.3) is 0 Å². The van der Waals surface area contributed by atoms with Gasteiger partial charge in [-0.15, -0.1) is 0 Å². The van der Waals surface area contributed by atoms with Crippen LogP contribution < -0.4 is 16.0 Å². The molecule has 0 amide bonds. The van der Waals surface area contributed by atoms with Gasteiger partial charge in [0, 0.05) is 22.7 Å². The third-order valence-electron chi connectivity index (χ3n) is 5.26. The van der Waals surface area contributed by atoms with E-state index in [1.54, 1.807) is 12.1 Å².